The van der Waals surface area contributed by atoms with Gasteiger partial charge in [0.2, 0.25) is 0 Å². The van der Waals surface area contributed by atoms with E-state index < -0.39 is 0 Å². The van der Waals surface area contributed by atoms with E-state index in [1.807, 2.05) is 31.2 Å². The summed E-state index contributed by atoms with van der Waals surface area (Å²) < 4.78 is 11.2. The molecule has 0 bridgehead atoms. The molecule has 2 unspecified atom stereocenters. The molecular weight excluding hydrogens is 340 g/mol. The third kappa shape index (κ3) is 6.31. The second-order valence-corrected chi connectivity index (χ2v) is 7.59. The maximum Gasteiger partial charge on any atom is 0.191 e. The lowest BCUT2D eigenvalue weighted by atomic mass is 10.1. The summed E-state index contributed by atoms with van der Waals surface area (Å²) in [6.07, 6.45) is 4.08. The molecule has 6 heteroatoms. The van der Waals surface area contributed by atoms with Crippen LogP contribution < -0.4 is 20.1 Å². The number of likely N-dealkylation sites (tertiary alicyclic amines) is 1. The van der Waals surface area contributed by atoms with Gasteiger partial charge in [-0.15, -0.1) is 0 Å². The number of hydrogen-bond acceptors (Lipinski definition) is 4. The third-order valence-corrected chi connectivity index (χ3v) is 5.17. The van der Waals surface area contributed by atoms with Crippen LogP contribution in [0.4, 0.5) is 0 Å². The molecule has 3 rings (SSSR count). The van der Waals surface area contributed by atoms with Gasteiger partial charge in [0.05, 0.1) is 13.7 Å². The van der Waals surface area contributed by atoms with Crippen LogP contribution in [0.25, 0.3) is 0 Å². The van der Waals surface area contributed by atoms with Crippen LogP contribution in [0.2, 0.25) is 0 Å². The van der Waals surface area contributed by atoms with Gasteiger partial charge in [0, 0.05) is 31.7 Å². The molecule has 1 aliphatic heterocycles. The highest BCUT2D eigenvalue weighted by atomic mass is 16.5. The van der Waals surface area contributed by atoms with Crippen molar-refractivity contribution in [3.63, 3.8) is 0 Å². The minimum absolute atomic E-state index is 0.00981. The molecule has 0 amide bonds. The van der Waals surface area contributed by atoms with Gasteiger partial charge >= 0.3 is 0 Å². The van der Waals surface area contributed by atoms with Crippen molar-refractivity contribution >= 4 is 5.96 Å². The van der Waals surface area contributed by atoms with Crippen LogP contribution in [0.15, 0.2) is 29.3 Å². The van der Waals surface area contributed by atoms with Crippen molar-refractivity contribution in [3.8, 4) is 11.5 Å². The van der Waals surface area contributed by atoms with Crippen LogP contribution in [-0.2, 0) is 0 Å². The van der Waals surface area contributed by atoms with Crippen LogP contribution in [0.5, 0.6) is 11.5 Å². The Morgan fingerprint density at radius 1 is 1.26 bits per heavy atom. The molecule has 2 N–H and O–H groups in total. The van der Waals surface area contributed by atoms with E-state index in [2.05, 4.69) is 22.5 Å². The standard InChI is InChI=1S/C21H34N4O2/c1-4-22-21(24-14-17-10-11-25(15-17)18-8-9-18)23-13-16(2)27-20-7-5-6-19(12-20)26-3/h5-7,12,16-18H,4,8-11,13-15H2,1-3H3,(H2,22,23,24). The fourth-order valence-electron chi connectivity index (χ4n) is 3.55. The normalized spacial score (nSPS) is 21.7. The van der Waals surface area contributed by atoms with E-state index >= 15 is 0 Å². The highest BCUT2D eigenvalue weighted by Gasteiger charge is 2.34. The van der Waals surface area contributed by atoms with Crippen molar-refractivity contribution in [2.75, 3.05) is 39.8 Å². The van der Waals surface area contributed by atoms with E-state index in [1.165, 1.54) is 32.4 Å². The molecule has 1 aromatic rings. The molecule has 27 heavy (non-hydrogen) atoms. The van der Waals surface area contributed by atoms with Crippen LogP contribution in [-0.4, -0.2) is 62.8 Å². The highest BCUT2D eigenvalue weighted by Crippen LogP contribution is 2.31. The quantitative estimate of drug-likeness (QED) is 0.514. The summed E-state index contributed by atoms with van der Waals surface area (Å²) in [4.78, 5) is 7.36. The first-order valence-corrected chi connectivity index (χ1v) is 10.2. The number of hydrogen-bond donors (Lipinski definition) is 2. The maximum absolute atomic E-state index is 5.96. The zero-order valence-electron chi connectivity index (χ0n) is 16.9. The minimum atomic E-state index is -0.00981. The first kappa shape index (κ1) is 19.8. The summed E-state index contributed by atoms with van der Waals surface area (Å²) in [5, 5.41) is 6.86. The summed E-state index contributed by atoms with van der Waals surface area (Å²) in [6.45, 7) is 9.07. The van der Waals surface area contributed by atoms with Crippen molar-refractivity contribution in [1.82, 2.24) is 15.5 Å². The second-order valence-electron chi connectivity index (χ2n) is 7.59. The van der Waals surface area contributed by atoms with Crippen molar-refractivity contribution in [3.05, 3.63) is 24.3 Å². The first-order valence-electron chi connectivity index (χ1n) is 10.2. The molecule has 0 radical (unpaired) electrons. The van der Waals surface area contributed by atoms with Crippen LogP contribution in [0.3, 0.4) is 0 Å². The van der Waals surface area contributed by atoms with Gasteiger partial charge in [0.1, 0.15) is 17.6 Å². The predicted octanol–water partition coefficient (Wildman–Crippen LogP) is 2.50. The van der Waals surface area contributed by atoms with Gasteiger partial charge in [-0.2, -0.15) is 0 Å². The number of nitrogens with zero attached hydrogens (tertiary/aromatic N) is 2. The molecule has 0 aromatic heterocycles. The predicted molar refractivity (Wildman–Crippen MR) is 110 cm³/mol. The average Bonchev–Trinajstić information content (AvgIpc) is 3.42. The second kappa shape index (κ2) is 9.83. The Hall–Kier alpha value is -1.95. The van der Waals surface area contributed by atoms with Crippen molar-refractivity contribution < 1.29 is 9.47 Å². The maximum atomic E-state index is 5.96. The molecule has 6 nitrogen and oxygen atoms in total. The smallest absolute Gasteiger partial charge is 0.191 e. The van der Waals surface area contributed by atoms with Crippen molar-refractivity contribution in [1.29, 1.82) is 0 Å². The van der Waals surface area contributed by atoms with Gasteiger partial charge in [-0.25, -0.2) is 4.99 Å². The molecule has 2 fully saturated rings. The van der Waals surface area contributed by atoms with Gasteiger partial charge in [0.15, 0.2) is 5.96 Å². The van der Waals surface area contributed by atoms with E-state index in [1.54, 1.807) is 7.11 Å². The van der Waals surface area contributed by atoms with E-state index in [9.17, 15) is 0 Å². The molecule has 150 valence electrons. The Morgan fingerprint density at radius 3 is 2.81 bits per heavy atom. The van der Waals surface area contributed by atoms with Crippen LogP contribution in [0.1, 0.15) is 33.1 Å². The van der Waals surface area contributed by atoms with Gasteiger partial charge in [-0.3, -0.25) is 0 Å². The van der Waals surface area contributed by atoms with Gasteiger partial charge in [-0.1, -0.05) is 6.07 Å². The topological polar surface area (TPSA) is 58.1 Å². The first-order chi connectivity index (χ1) is 13.2. The number of benzene rings is 1. The molecule has 0 spiro atoms. The molecule has 2 aliphatic rings. The number of nitrogens with one attached hydrogen (secondary N) is 2. The van der Waals surface area contributed by atoms with Gasteiger partial charge in [0.25, 0.3) is 0 Å². The molecule has 1 saturated carbocycles. The number of guanidine groups is 1. The Bertz CT molecular complexity index is 618. The fourth-order valence-corrected chi connectivity index (χ4v) is 3.55. The molecular formula is C21H34N4O2. The summed E-state index contributed by atoms with van der Waals surface area (Å²) in [7, 11) is 1.66. The third-order valence-electron chi connectivity index (χ3n) is 5.17. The largest absolute Gasteiger partial charge is 0.497 e. The lowest BCUT2D eigenvalue weighted by Crippen LogP contribution is -2.41. The SMILES string of the molecule is CCNC(=NCC(C)Oc1cccc(OC)c1)NCC1CCN(C2CC2)C1. The zero-order valence-corrected chi connectivity index (χ0v) is 16.9. The zero-order chi connectivity index (χ0) is 19.1. The highest BCUT2D eigenvalue weighted by molar-refractivity contribution is 5.79. The number of rotatable bonds is 9. The minimum Gasteiger partial charge on any atom is -0.497 e. The summed E-state index contributed by atoms with van der Waals surface area (Å²) in [5.74, 6) is 3.21. The van der Waals surface area contributed by atoms with E-state index in [-0.39, 0.29) is 6.10 Å². The Labute approximate surface area is 163 Å². The summed E-state index contributed by atoms with van der Waals surface area (Å²) >= 11 is 0. The Kier molecular flexibility index (Phi) is 7.21. The molecule has 1 aromatic carbocycles. The van der Waals surface area contributed by atoms with Gasteiger partial charge < -0.3 is 25.0 Å². The van der Waals surface area contributed by atoms with Crippen LogP contribution in [0, 0.1) is 5.92 Å². The number of aliphatic imine (C=N–C) groups is 1. The number of ether oxygens (including phenoxy) is 2. The molecule has 2 atom stereocenters. The molecule has 1 saturated heterocycles. The lowest BCUT2D eigenvalue weighted by molar-refractivity contribution is 0.229. The van der Waals surface area contributed by atoms with Gasteiger partial charge in [-0.05, 0) is 57.7 Å². The van der Waals surface area contributed by atoms with E-state index in [0.29, 0.717) is 6.54 Å². The molecule has 1 aliphatic carbocycles. The Balaban J connectivity index is 1.44. The van der Waals surface area contributed by atoms with Crippen LogP contribution >= 0.6 is 0 Å². The van der Waals surface area contributed by atoms with Crippen molar-refractivity contribution in [2.45, 2.75) is 45.3 Å². The lowest BCUT2D eigenvalue weighted by Gasteiger charge is -2.18. The van der Waals surface area contributed by atoms with E-state index in [0.717, 1.165) is 42.5 Å². The monoisotopic (exact) mass is 374 g/mol. The average molecular weight is 375 g/mol. The Morgan fingerprint density at radius 2 is 2.07 bits per heavy atom. The number of methoxy groups -OCH3 is 1. The summed E-state index contributed by atoms with van der Waals surface area (Å²) in [5.41, 5.74) is 0. The molecule has 1 heterocycles. The summed E-state index contributed by atoms with van der Waals surface area (Å²) in [6, 6.07) is 8.57. The van der Waals surface area contributed by atoms with E-state index in [4.69, 9.17) is 14.5 Å². The van der Waals surface area contributed by atoms with Crippen molar-refractivity contribution in [2.24, 2.45) is 10.9 Å². The fraction of sp³-hybridized carbons (Fsp3) is 0.667.